The van der Waals surface area contributed by atoms with E-state index in [0.717, 1.165) is 16.7 Å². The van der Waals surface area contributed by atoms with Crippen molar-refractivity contribution in [1.29, 1.82) is 0 Å². The molecule has 0 spiro atoms. The molecule has 0 aliphatic carbocycles. The largest absolute Gasteiger partial charge is 0.507 e. The maximum absolute atomic E-state index is 13.1. The molecule has 3 aromatic carbocycles. The third-order valence-corrected chi connectivity index (χ3v) is 5.50. The Morgan fingerprint density at radius 1 is 0.971 bits per heavy atom. The van der Waals surface area contributed by atoms with Gasteiger partial charge in [0.15, 0.2) is 0 Å². The molecule has 2 atom stereocenters. The second kappa shape index (κ2) is 10.9. The fourth-order valence-electron chi connectivity index (χ4n) is 3.75. The lowest BCUT2D eigenvalue weighted by Gasteiger charge is -2.25. The van der Waals surface area contributed by atoms with E-state index < -0.39 is 11.9 Å². The van der Waals surface area contributed by atoms with E-state index in [1.54, 1.807) is 13.2 Å². The highest BCUT2D eigenvalue weighted by atomic mass is 16.5. The first-order chi connectivity index (χ1) is 16.2. The third-order valence-electron chi connectivity index (χ3n) is 5.50. The Balaban J connectivity index is 1.86. The van der Waals surface area contributed by atoms with Gasteiger partial charge in [-0.05, 0) is 67.8 Å². The minimum atomic E-state index is -0.449. The second-order valence-electron chi connectivity index (χ2n) is 8.20. The van der Waals surface area contributed by atoms with Gasteiger partial charge < -0.3 is 25.2 Å². The van der Waals surface area contributed by atoms with Gasteiger partial charge in [0.25, 0.3) is 5.91 Å². The van der Waals surface area contributed by atoms with E-state index in [2.05, 4.69) is 10.6 Å². The summed E-state index contributed by atoms with van der Waals surface area (Å²) >= 11 is 0. The summed E-state index contributed by atoms with van der Waals surface area (Å²) in [6.45, 7) is 7.07. The molecule has 0 radical (unpaired) electrons. The molecule has 0 fully saturated rings. The number of phenols is 1. The van der Waals surface area contributed by atoms with Crippen LogP contribution in [0.5, 0.6) is 17.2 Å². The number of ether oxygens (including phenoxy) is 2. The highest BCUT2D eigenvalue weighted by molar-refractivity contribution is 5.97. The third kappa shape index (κ3) is 5.94. The van der Waals surface area contributed by atoms with E-state index in [4.69, 9.17) is 9.47 Å². The maximum Gasteiger partial charge on any atom is 0.255 e. The van der Waals surface area contributed by atoms with Crippen LogP contribution in [-0.4, -0.2) is 30.1 Å². The average Bonchev–Trinajstić information content (AvgIpc) is 2.80. The van der Waals surface area contributed by atoms with Gasteiger partial charge >= 0.3 is 0 Å². The number of nitrogens with one attached hydrogen (secondary N) is 2. The molecule has 0 aromatic heterocycles. The van der Waals surface area contributed by atoms with Gasteiger partial charge in [-0.25, -0.2) is 0 Å². The van der Waals surface area contributed by atoms with Crippen molar-refractivity contribution in [3.05, 3.63) is 82.9 Å². The molecule has 178 valence electrons. The summed E-state index contributed by atoms with van der Waals surface area (Å²) in [7, 11) is 1.58. The number of rotatable bonds is 8. The lowest BCUT2D eigenvalue weighted by atomic mass is 10.0. The van der Waals surface area contributed by atoms with E-state index in [1.807, 2.05) is 63.2 Å². The van der Waals surface area contributed by atoms with Crippen LogP contribution in [0.1, 0.15) is 46.9 Å². The number of carbonyl (C=O) groups is 2. The Morgan fingerprint density at radius 2 is 1.62 bits per heavy atom. The van der Waals surface area contributed by atoms with Crippen molar-refractivity contribution in [2.75, 3.05) is 12.4 Å². The molecule has 0 saturated heterocycles. The summed E-state index contributed by atoms with van der Waals surface area (Å²) in [6.07, 6.45) is -0.291. The van der Waals surface area contributed by atoms with Crippen molar-refractivity contribution < 1.29 is 24.2 Å². The van der Waals surface area contributed by atoms with Crippen molar-refractivity contribution in [2.45, 2.75) is 39.8 Å². The number of aromatic hydroxyl groups is 1. The van der Waals surface area contributed by atoms with Gasteiger partial charge in [0.05, 0.1) is 17.7 Å². The standard InChI is InChI=1S/C27H30N2O5/c1-16-13-21(28-19(4)30)14-17(2)26(16)34-22-11-12-24(31)23(15-22)27(32)29-25(18(3)33-5)20-9-7-6-8-10-20/h6-15,18,25,31H,1-5H3,(H,28,30)(H,29,32). The fourth-order valence-corrected chi connectivity index (χ4v) is 3.75. The van der Waals surface area contributed by atoms with Crippen molar-refractivity contribution in [2.24, 2.45) is 0 Å². The summed E-state index contributed by atoms with van der Waals surface area (Å²) in [5, 5.41) is 16.1. The van der Waals surface area contributed by atoms with E-state index in [0.29, 0.717) is 17.2 Å². The quantitative estimate of drug-likeness (QED) is 0.424. The van der Waals surface area contributed by atoms with Crippen LogP contribution in [0.2, 0.25) is 0 Å². The Hall–Kier alpha value is -3.84. The number of hydrogen-bond donors (Lipinski definition) is 3. The van der Waals surface area contributed by atoms with Crippen LogP contribution in [-0.2, 0) is 9.53 Å². The molecule has 2 amide bonds. The highest BCUT2D eigenvalue weighted by Crippen LogP contribution is 2.33. The summed E-state index contributed by atoms with van der Waals surface area (Å²) in [5.74, 6) is 0.253. The topological polar surface area (TPSA) is 96.9 Å². The van der Waals surface area contributed by atoms with Gasteiger partial charge in [-0.1, -0.05) is 30.3 Å². The SMILES string of the molecule is COC(C)C(NC(=O)c1cc(Oc2c(C)cc(NC(C)=O)cc2C)ccc1O)c1ccccc1. The van der Waals surface area contributed by atoms with Crippen molar-refractivity contribution >= 4 is 17.5 Å². The van der Waals surface area contributed by atoms with E-state index >= 15 is 0 Å². The number of amides is 2. The smallest absolute Gasteiger partial charge is 0.255 e. The zero-order valence-electron chi connectivity index (χ0n) is 20.0. The minimum absolute atomic E-state index is 0.0897. The van der Waals surface area contributed by atoms with Crippen LogP contribution in [0.15, 0.2) is 60.7 Å². The Labute approximate surface area is 199 Å². The number of benzene rings is 3. The molecule has 3 aromatic rings. The van der Waals surface area contributed by atoms with E-state index in [9.17, 15) is 14.7 Å². The Morgan fingerprint density at radius 3 is 2.21 bits per heavy atom. The van der Waals surface area contributed by atoms with Gasteiger partial charge in [0.1, 0.15) is 17.2 Å². The van der Waals surface area contributed by atoms with Gasteiger partial charge in [-0.2, -0.15) is 0 Å². The van der Waals surface area contributed by atoms with Crippen molar-refractivity contribution in [1.82, 2.24) is 5.32 Å². The zero-order chi connectivity index (χ0) is 24.8. The van der Waals surface area contributed by atoms with Gasteiger partial charge in [0.2, 0.25) is 5.91 Å². The van der Waals surface area contributed by atoms with Crippen LogP contribution in [0.25, 0.3) is 0 Å². The highest BCUT2D eigenvalue weighted by Gasteiger charge is 2.23. The molecular formula is C27H30N2O5. The fraction of sp³-hybridized carbons (Fsp3) is 0.259. The first-order valence-electron chi connectivity index (χ1n) is 11.0. The van der Waals surface area contributed by atoms with Crippen molar-refractivity contribution in [3.8, 4) is 17.2 Å². The minimum Gasteiger partial charge on any atom is -0.507 e. The zero-order valence-corrected chi connectivity index (χ0v) is 20.0. The lowest BCUT2D eigenvalue weighted by molar-refractivity contribution is -0.114. The van der Waals surface area contributed by atoms with E-state index in [1.165, 1.54) is 19.1 Å². The van der Waals surface area contributed by atoms with Crippen LogP contribution in [0.4, 0.5) is 5.69 Å². The molecule has 34 heavy (non-hydrogen) atoms. The summed E-state index contributed by atoms with van der Waals surface area (Å²) < 4.78 is 11.5. The average molecular weight is 463 g/mol. The molecular weight excluding hydrogens is 432 g/mol. The van der Waals surface area contributed by atoms with Crippen LogP contribution in [0.3, 0.4) is 0 Å². The lowest BCUT2D eigenvalue weighted by Crippen LogP contribution is -2.36. The number of carbonyl (C=O) groups excluding carboxylic acids is 2. The molecule has 0 bridgehead atoms. The molecule has 3 N–H and O–H groups in total. The molecule has 3 rings (SSSR count). The number of anilines is 1. The van der Waals surface area contributed by atoms with Crippen LogP contribution < -0.4 is 15.4 Å². The molecule has 2 unspecified atom stereocenters. The van der Waals surface area contributed by atoms with Gasteiger partial charge in [-0.3, -0.25) is 9.59 Å². The van der Waals surface area contributed by atoms with Gasteiger partial charge in [-0.15, -0.1) is 0 Å². The Bertz CT molecular complexity index is 1150. The predicted molar refractivity (Wildman–Crippen MR) is 132 cm³/mol. The first kappa shape index (κ1) is 24.8. The molecule has 0 aliphatic heterocycles. The summed E-state index contributed by atoms with van der Waals surface area (Å²) in [5.41, 5.74) is 3.30. The van der Waals surface area contributed by atoms with Gasteiger partial charge in [0, 0.05) is 19.7 Å². The molecule has 0 aliphatic rings. The maximum atomic E-state index is 13.1. The predicted octanol–water partition coefficient (Wildman–Crippen LogP) is 5.27. The number of phenolic OH excluding ortho intramolecular Hbond substituents is 1. The van der Waals surface area contributed by atoms with Crippen LogP contribution in [0, 0.1) is 13.8 Å². The van der Waals surface area contributed by atoms with Crippen molar-refractivity contribution in [3.63, 3.8) is 0 Å². The number of hydrogen-bond acceptors (Lipinski definition) is 5. The first-order valence-corrected chi connectivity index (χ1v) is 11.0. The summed E-state index contributed by atoms with van der Waals surface area (Å²) in [6, 6.07) is 17.3. The van der Waals surface area contributed by atoms with E-state index in [-0.39, 0.29) is 23.3 Å². The molecule has 0 heterocycles. The van der Waals surface area contributed by atoms with Crippen LogP contribution >= 0.6 is 0 Å². The number of aryl methyl sites for hydroxylation is 2. The number of methoxy groups -OCH3 is 1. The normalized spacial score (nSPS) is 12.5. The second-order valence-corrected chi connectivity index (χ2v) is 8.20. The monoisotopic (exact) mass is 462 g/mol. The molecule has 7 heteroatoms. The molecule has 0 saturated carbocycles. The summed E-state index contributed by atoms with van der Waals surface area (Å²) in [4.78, 5) is 24.5. The Kier molecular flexibility index (Phi) is 7.91. The molecule has 7 nitrogen and oxygen atoms in total.